The Morgan fingerprint density at radius 3 is 2.72 bits per heavy atom. The summed E-state index contributed by atoms with van der Waals surface area (Å²) >= 11 is 0. The van der Waals surface area contributed by atoms with E-state index in [1.807, 2.05) is 6.07 Å². The molecule has 168 valence electrons. The molecule has 2 atom stereocenters. The van der Waals surface area contributed by atoms with E-state index in [4.69, 9.17) is 9.84 Å². The molecule has 0 aliphatic heterocycles. The molecule has 0 saturated heterocycles. The number of ether oxygens (including phenoxy) is 1. The van der Waals surface area contributed by atoms with Gasteiger partial charge in [0.05, 0.1) is 11.2 Å². The van der Waals surface area contributed by atoms with Gasteiger partial charge in [-0.2, -0.15) is 0 Å². The van der Waals surface area contributed by atoms with E-state index in [1.165, 1.54) is 31.6 Å². The number of benzene rings is 2. The summed E-state index contributed by atoms with van der Waals surface area (Å²) in [5.41, 5.74) is 2.67. The van der Waals surface area contributed by atoms with Crippen molar-refractivity contribution in [2.24, 2.45) is 0 Å². The average Bonchev–Trinajstić information content (AvgIpc) is 3.53. The van der Waals surface area contributed by atoms with E-state index in [0.717, 1.165) is 29.9 Å². The molecule has 1 saturated carbocycles. The highest BCUT2D eigenvalue weighted by Crippen LogP contribution is 2.46. The van der Waals surface area contributed by atoms with Crippen molar-refractivity contribution in [1.29, 1.82) is 0 Å². The third kappa shape index (κ3) is 4.91. The highest BCUT2D eigenvalue weighted by molar-refractivity contribution is 8.00. The molecule has 10 heteroatoms. The Labute approximate surface area is 185 Å². The topological polar surface area (TPSA) is 113 Å². The minimum atomic E-state index is -2.46. The van der Waals surface area contributed by atoms with Crippen molar-refractivity contribution in [2.45, 2.75) is 31.8 Å². The molecule has 1 heterocycles. The molecular formula is C22H23FN4O4S. The molecule has 0 bridgehead atoms. The number of aliphatic carboxylic acids is 1. The summed E-state index contributed by atoms with van der Waals surface area (Å²) in [5, 5.41) is 13.1. The number of nitrogens with one attached hydrogen (secondary N) is 2. The number of aromatic nitrogens is 2. The summed E-state index contributed by atoms with van der Waals surface area (Å²) in [6.07, 6.45) is 3.78. The summed E-state index contributed by atoms with van der Waals surface area (Å²) < 4.78 is 34.3. The van der Waals surface area contributed by atoms with Gasteiger partial charge in [-0.05, 0) is 61.4 Å². The largest absolute Gasteiger partial charge is 0.479 e. The van der Waals surface area contributed by atoms with Gasteiger partial charge < -0.3 is 19.9 Å². The lowest BCUT2D eigenvalue weighted by atomic mass is 10.0. The van der Waals surface area contributed by atoms with Crippen molar-refractivity contribution in [3.8, 4) is 5.75 Å². The number of carboxylic acid groups (broad SMARTS) is 1. The first kappa shape index (κ1) is 21.8. The Morgan fingerprint density at radius 1 is 1.31 bits per heavy atom. The van der Waals surface area contributed by atoms with Gasteiger partial charge in [-0.15, -0.1) is 0 Å². The third-order valence-corrected chi connectivity index (χ3v) is 5.64. The maximum atomic E-state index is 13.8. The minimum Gasteiger partial charge on any atom is -0.479 e. The highest BCUT2D eigenvalue weighted by Gasteiger charge is 2.28. The SMILES string of the molecule is C=S(C)(=O)Nc1cc(C2CC2)c2c(Nc3ccc(F)cc3OC(C)C(=O)O)ncnc2c1. The number of hydrogen-bond acceptors (Lipinski definition) is 6. The number of carboxylic acids is 1. The van der Waals surface area contributed by atoms with Crippen LogP contribution in [0, 0.1) is 5.82 Å². The van der Waals surface area contributed by atoms with Gasteiger partial charge in [0.25, 0.3) is 0 Å². The number of halogens is 1. The summed E-state index contributed by atoms with van der Waals surface area (Å²) in [7, 11) is -2.46. The first-order valence-electron chi connectivity index (χ1n) is 9.95. The van der Waals surface area contributed by atoms with Crippen molar-refractivity contribution in [2.75, 3.05) is 16.3 Å². The number of hydrogen-bond donors (Lipinski definition) is 3. The number of anilines is 3. The van der Waals surface area contributed by atoms with E-state index in [1.54, 1.807) is 6.07 Å². The fourth-order valence-corrected chi connectivity index (χ4v) is 4.02. The molecule has 4 rings (SSSR count). The zero-order chi connectivity index (χ0) is 23.0. The Hall–Kier alpha value is -3.40. The predicted octanol–water partition coefficient (Wildman–Crippen LogP) is 3.91. The van der Waals surface area contributed by atoms with Gasteiger partial charge in [0.15, 0.2) is 6.10 Å². The van der Waals surface area contributed by atoms with Crippen molar-refractivity contribution < 1.29 is 23.2 Å². The lowest BCUT2D eigenvalue weighted by Gasteiger charge is -2.18. The van der Waals surface area contributed by atoms with Crippen LogP contribution in [0.3, 0.4) is 0 Å². The van der Waals surface area contributed by atoms with Gasteiger partial charge in [0.2, 0.25) is 0 Å². The van der Waals surface area contributed by atoms with Crippen LogP contribution in [-0.2, 0) is 14.5 Å². The second-order valence-electron chi connectivity index (χ2n) is 7.93. The van der Waals surface area contributed by atoms with E-state index >= 15 is 0 Å². The van der Waals surface area contributed by atoms with Crippen LogP contribution in [0.5, 0.6) is 5.75 Å². The quantitative estimate of drug-likeness (QED) is 0.439. The van der Waals surface area contributed by atoms with Crippen LogP contribution in [0.4, 0.5) is 21.6 Å². The molecule has 8 nitrogen and oxygen atoms in total. The first-order chi connectivity index (χ1) is 15.1. The van der Waals surface area contributed by atoms with Crippen LogP contribution in [0.2, 0.25) is 0 Å². The second kappa shape index (κ2) is 8.27. The first-order valence-corrected chi connectivity index (χ1v) is 12.1. The van der Waals surface area contributed by atoms with Crippen LogP contribution in [0.15, 0.2) is 36.7 Å². The van der Waals surface area contributed by atoms with Crippen LogP contribution in [-0.4, -0.2) is 43.5 Å². The van der Waals surface area contributed by atoms with Crippen LogP contribution < -0.4 is 14.8 Å². The summed E-state index contributed by atoms with van der Waals surface area (Å²) in [4.78, 5) is 20.0. The molecule has 3 N–H and O–H groups in total. The van der Waals surface area contributed by atoms with Crippen molar-refractivity contribution in [1.82, 2.24) is 9.97 Å². The maximum Gasteiger partial charge on any atom is 0.344 e. The van der Waals surface area contributed by atoms with E-state index in [-0.39, 0.29) is 5.75 Å². The molecule has 1 aromatic heterocycles. The van der Waals surface area contributed by atoms with Crippen molar-refractivity contribution in [3.05, 3.63) is 48.0 Å². The van der Waals surface area contributed by atoms with E-state index in [9.17, 15) is 13.4 Å². The molecule has 3 aromatic rings. The van der Waals surface area contributed by atoms with Crippen LogP contribution in [0.1, 0.15) is 31.2 Å². The maximum absolute atomic E-state index is 13.8. The summed E-state index contributed by atoms with van der Waals surface area (Å²) in [6, 6.07) is 7.55. The average molecular weight is 459 g/mol. The molecule has 0 amide bonds. The Morgan fingerprint density at radius 2 is 2.06 bits per heavy atom. The summed E-state index contributed by atoms with van der Waals surface area (Å²) in [5.74, 6) is 2.78. The zero-order valence-electron chi connectivity index (χ0n) is 17.6. The number of nitrogens with zero attached hydrogens (tertiary/aromatic N) is 2. The summed E-state index contributed by atoms with van der Waals surface area (Å²) in [6.45, 7) is 1.37. The Balaban J connectivity index is 1.79. The van der Waals surface area contributed by atoms with Gasteiger partial charge in [0.1, 0.15) is 23.7 Å². The molecule has 2 unspecified atom stereocenters. The van der Waals surface area contributed by atoms with E-state index in [0.29, 0.717) is 28.6 Å². The Kier molecular flexibility index (Phi) is 5.64. The molecular weight excluding hydrogens is 435 g/mol. The molecule has 0 radical (unpaired) electrons. The molecule has 1 aliphatic carbocycles. The van der Waals surface area contributed by atoms with Gasteiger partial charge in [-0.1, -0.05) is 0 Å². The molecule has 1 aliphatic rings. The van der Waals surface area contributed by atoms with Crippen molar-refractivity contribution in [3.63, 3.8) is 0 Å². The lowest BCUT2D eigenvalue weighted by molar-refractivity contribution is -0.144. The van der Waals surface area contributed by atoms with E-state index < -0.39 is 27.6 Å². The van der Waals surface area contributed by atoms with Gasteiger partial charge in [-0.3, -0.25) is 0 Å². The minimum absolute atomic E-state index is 0.0562. The van der Waals surface area contributed by atoms with Crippen LogP contribution >= 0.6 is 0 Å². The monoisotopic (exact) mass is 458 g/mol. The smallest absolute Gasteiger partial charge is 0.344 e. The van der Waals surface area contributed by atoms with Gasteiger partial charge >= 0.3 is 5.97 Å². The highest BCUT2D eigenvalue weighted by atomic mass is 32.2. The lowest BCUT2D eigenvalue weighted by Crippen LogP contribution is -2.23. The fourth-order valence-electron chi connectivity index (χ4n) is 3.41. The van der Waals surface area contributed by atoms with Crippen molar-refractivity contribution >= 4 is 49.6 Å². The normalized spacial score (nSPS) is 16.2. The fraction of sp³-hybridized carbons (Fsp3) is 0.273. The number of carbonyl (C=O) groups is 1. The van der Waals surface area contributed by atoms with Gasteiger partial charge in [-0.25, -0.2) is 23.4 Å². The molecule has 1 fully saturated rings. The van der Waals surface area contributed by atoms with E-state index in [2.05, 4.69) is 25.9 Å². The number of rotatable bonds is 8. The molecule has 2 aromatic carbocycles. The molecule has 0 spiro atoms. The zero-order valence-corrected chi connectivity index (χ0v) is 18.4. The standard InChI is InChI=1S/C22H23FN4O4S/c1-12(22(28)29)31-19-8-14(23)6-7-17(19)26-21-20-16(13-4-5-13)9-15(27-32(2,3)30)10-18(20)24-11-25-21/h6-13H,2,4-5H2,1,3H3,(H,27,30)(H,28,29)(H,24,25,26). The predicted molar refractivity (Wildman–Crippen MR) is 124 cm³/mol. The Bertz CT molecular complexity index is 1310. The molecule has 32 heavy (non-hydrogen) atoms. The second-order valence-corrected chi connectivity index (χ2v) is 10.1. The van der Waals surface area contributed by atoms with Crippen LogP contribution in [0.25, 0.3) is 10.9 Å². The van der Waals surface area contributed by atoms with Gasteiger partial charge in [0, 0.05) is 33.1 Å². The third-order valence-electron chi connectivity index (χ3n) is 4.97. The number of fused-ring (bicyclic) bond motifs is 1.